The quantitative estimate of drug-likeness (QED) is 0.831. The molecule has 0 fully saturated rings. The van der Waals surface area contributed by atoms with Crippen LogP contribution >= 0.6 is 0 Å². The normalized spacial score (nSPS) is 11.9. The number of hydrogen-bond donors (Lipinski definition) is 2. The Balaban J connectivity index is 3.28. The first-order valence-corrected chi connectivity index (χ1v) is 6.73. The van der Waals surface area contributed by atoms with E-state index >= 15 is 0 Å². The first-order chi connectivity index (χ1) is 9.82. The molecule has 0 atom stereocenters. The molecule has 0 bridgehead atoms. The van der Waals surface area contributed by atoms with E-state index in [0.717, 1.165) is 6.20 Å². The van der Waals surface area contributed by atoms with E-state index in [4.69, 9.17) is 14.6 Å². The van der Waals surface area contributed by atoms with Crippen molar-refractivity contribution in [2.75, 3.05) is 0 Å². The average Bonchev–Trinajstić information content (AvgIpc) is 2.68. The first-order valence-electron chi connectivity index (χ1n) is 6.73. The summed E-state index contributed by atoms with van der Waals surface area (Å²) in [5.41, 5.74) is -2.51. The molecular weight excluding hydrogens is 290 g/mol. The van der Waals surface area contributed by atoms with Crippen LogP contribution in [-0.4, -0.2) is 39.2 Å². The molecule has 0 amide bonds. The van der Waals surface area contributed by atoms with E-state index in [2.05, 4.69) is 4.98 Å². The minimum Gasteiger partial charge on any atom is -0.478 e. The van der Waals surface area contributed by atoms with Gasteiger partial charge in [0.2, 0.25) is 0 Å². The molecule has 0 saturated carbocycles. The summed E-state index contributed by atoms with van der Waals surface area (Å²) in [4.78, 5) is 38.1. The third-order valence-electron chi connectivity index (χ3n) is 2.32. The van der Waals surface area contributed by atoms with Gasteiger partial charge in [0.1, 0.15) is 22.5 Å². The maximum atomic E-state index is 12.2. The van der Waals surface area contributed by atoms with Crippen LogP contribution in [0.4, 0.5) is 0 Å². The third kappa shape index (κ3) is 4.61. The highest BCUT2D eigenvalue weighted by Gasteiger charge is 2.32. The number of esters is 2. The second kappa shape index (κ2) is 5.82. The fourth-order valence-electron chi connectivity index (χ4n) is 1.62. The molecular formula is C15H21NO6. The van der Waals surface area contributed by atoms with Crippen LogP contribution in [0.5, 0.6) is 0 Å². The van der Waals surface area contributed by atoms with Crippen molar-refractivity contribution in [1.82, 2.24) is 4.98 Å². The summed E-state index contributed by atoms with van der Waals surface area (Å²) in [6.45, 7) is 9.93. The Hall–Kier alpha value is -2.31. The Bertz CT molecular complexity index is 601. The van der Waals surface area contributed by atoms with Gasteiger partial charge in [0, 0.05) is 6.20 Å². The van der Waals surface area contributed by atoms with Crippen molar-refractivity contribution in [3.8, 4) is 0 Å². The van der Waals surface area contributed by atoms with Crippen LogP contribution in [0, 0.1) is 0 Å². The van der Waals surface area contributed by atoms with Crippen LogP contribution in [0.1, 0.15) is 72.7 Å². The zero-order valence-electron chi connectivity index (χ0n) is 13.6. The lowest BCUT2D eigenvalue weighted by molar-refractivity contribution is 0.00143. The summed E-state index contributed by atoms with van der Waals surface area (Å²) < 4.78 is 10.3. The zero-order chi connectivity index (χ0) is 17.3. The maximum absolute atomic E-state index is 12.2. The smallest absolute Gasteiger partial charge is 0.356 e. The van der Waals surface area contributed by atoms with E-state index < -0.39 is 29.1 Å². The van der Waals surface area contributed by atoms with Gasteiger partial charge in [-0.1, -0.05) is 0 Å². The summed E-state index contributed by atoms with van der Waals surface area (Å²) in [5, 5.41) is 9.16. The SMILES string of the molecule is CC(C)(C)OC(=O)c1[nH]cc(C(=O)O)c1C(=O)OC(C)(C)C. The molecule has 0 aliphatic heterocycles. The maximum Gasteiger partial charge on any atom is 0.356 e. The summed E-state index contributed by atoms with van der Waals surface area (Å²) in [5.74, 6) is -3.06. The van der Waals surface area contributed by atoms with E-state index in [0.29, 0.717) is 0 Å². The molecule has 0 aromatic carbocycles. The van der Waals surface area contributed by atoms with Crippen LogP contribution in [0.2, 0.25) is 0 Å². The van der Waals surface area contributed by atoms with E-state index in [-0.39, 0.29) is 16.8 Å². The second-order valence-electron chi connectivity index (χ2n) is 6.76. The number of carboxylic acids is 1. The van der Waals surface area contributed by atoms with Crippen molar-refractivity contribution in [1.29, 1.82) is 0 Å². The van der Waals surface area contributed by atoms with Gasteiger partial charge in [0.05, 0.1) is 5.56 Å². The largest absolute Gasteiger partial charge is 0.478 e. The molecule has 0 aliphatic rings. The van der Waals surface area contributed by atoms with Crippen molar-refractivity contribution in [2.45, 2.75) is 52.7 Å². The molecule has 122 valence electrons. The van der Waals surface area contributed by atoms with Crippen LogP contribution < -0.4 is 0 Å². The summed E-state index contributed by atoms with van der Waals surface area (Å²) in [7, 11) is 0. The van der Waals surface area contributed by atoms with Gasteiger partial charge in [-0.15, -0.1) is 0 Å². The molecule has 0 radical (unpaired) electrons. The summed E-state index contributed by atoms with van der Waals surface area (Å²) in [6.07, 6.45) is 1.07. The van der Waals surface area contributed by atoms with Crippen molar-refractivity contribution >= 4 is 17.9 Å². The number of nitrogens with one attached hydrogen (secondary N) is 1. The van der Waals surface area contributed by atoms with Crippen LogP contribution in [0.15, 0.2) is 6.20 Å². The molecule has 22 heavy (non-hydrogen) atoms. The Kier molecular flexibility index (Phi) is 4.70. The molecule has 1 heterocycles. The molecule has 2 N–H and O–H groups in total. The lowest BCUT2D eigenvalue weighted by Gasteiger charge is -2.21. The number of H-pyrrole nitrogens is 1. The predicted molar refractivity (Wildman–Crippen MR) is 78.1 cm³/mol. The number of carboxylic acid groups (broad SMARTS) is 1. The average molecular weight is 311 g/mol. The molecule has 0 aliphatic carbocycles. The van der Waals surface area contributed by atoms with Crippen molar-refractivity contribution in [3.63, 3.8) is 0 Å². The van der Waals surface area contributed by atoms with Gasteiger partial charge in [0.15, 0.2) is 0 Å². The Morgan fingerprint density at radius 1 is 0.955 bits per heavy atom. The molecule has 1 aromatic heterocycles. The van der Waals surface area contributed by atoms with Gasteiger partial charge < -0.3 is 19.6 Å². The molecule has 1 aromatic rings. The fraction of sp³-hybridized carbons (Fsp3) is 0.533. The Morgan fingerprint density at radius 3 is 1.82 bits per heavy atom. The van der Waals surface area contributed by atoms with E-state index in [1.807, 2.05) is 0 Å². The minimum absolute atomic E-state index is 0.235. The molecule has 0 spiro atoms. The van der Waals surface area contributed by atoms with E-state index in [1.54, 1.807) is 41.5 Å². The second-order valence-corrected chi connectivity index (χ2v) is 6.76. The predicted octanol–water partition coefficient (Wildman–Crippen LogP) is 2.62. The number of rotatable bonds is 3. The highest BCUT2D eigenvalue weighted by Crippen LogP contribution is 2.22. The number of aromatic amines is 1. The van der Waals surface area contributed by atoms with Gasteiger partial charge in [-0.3, -0.25) is 0 Å². The third-order valence-corrected chi connectivity index (χ3v) is 2.32. The summed E-state index contributed by atoms with van der Waals surface area (Å²) in [6, 6.07) is 0. The van der Waals surface area contributed by atoms with Crippen LogP contribution in [-0.2, 0) is 9.47 Å². The van der Waals surface area contributed by atoms with Crippen molar-refractivity contribution < 1.29 is 29.0 Å². The first kappa shape index (κ1) is 17.7. The molecule has 0 unspecified atom stereocenters. The molecule has 7 nitrogen and oxygen atoms in total. The van der Waals surface area contributed by atoms with Crippen molar-refractivity contribution in [3.05, 3.63) is 23.0 Å². The molecule has 7 heteroatoms. The fourth-order valence-corrected chi connectivity index (χ4v) is 1.62. The highest BCUT2D eigenvalue weighted by molar-refractivity contribution is 6.09. The van der Waals surface area contributed by atoms with Gasteiger partial charge in [0.25, 0.3) is 0 Å². The lowest BCUT2D eigenvalue weighted by Crippen LogP contribution is -2.28. The van der Waals surface area contributed by atoms with Crippen LogP contribution in [0.25, 0.3) is 0 Å². The standard InChI is InChI=1S/C15H21NO6/c1-14(2,3)21-12(19)9-8(11(17)18)7-16-10(9)13(20)22-15(4,5)6/h7,16H,1-6H3,(H,17,18). The number of ether oxygens (including phenoxy) is 2. The van der Waals surface area contributed by atoms with Crippen molar-refractivity contribution in [2.24, 2.45) is 0 Å². The highest BCUT2D eigenvalue weighted by atomic mass is 16.6. The molecule has 0 saturated heterocycles. The van der Waals surface area contributed by atoms with Gasteiger partial charge in [-0.2, -0.15) is 0 Å². The number of aromatic nitrogens is 1. The number of hydrogen-bond acceptors (Lipinski definition) is 5. The van der Waals surface area contributed by atoms with E-state index in [1.165, 1.54) is 0 Å². The van der Waals surface area contributed by atoms with Gasteiger partial charge >= 0.3 is 17.9 Å². The zero-order valence-corrected chi connectivity index (χ0v) is 13.6. The Morgan fingerprint density at radius 2 is 1.41 bits per heavy atom. The number of carbonyl (C=O) groups is 3. The van der Waals surface area contributed by atoms with Crippen LogP contribution in [0.3, 0.4) is 0 Å². The monoisotopic (exact) mass is 311 g/mol. The van der Waals surface area contributed by atoms with Gasteiger partial charge in [-0.05, 0) is 41.5 Å². The minimum atomic E-state index is -1.34. The summed E-state index contributed by atoms with van der Waals surface area (Å²) >= 11 is 0. The van der Waals surface area contributed by atoms with Gasteiger partial charge in [-0.25, -0.2) is 14.4 Å². The number of carbonyl (C=O) groups excluding carboxylic acids is 2. The Labute approximate surface area is 128 Å². The van der Waals surface area contributed by atoms with E-state index in [9.17, 15) is 14.4 Å². The lowest BCUT2D eigenvalue weighted by atomic mass is 10.1. The number of aromatic carboxylic acids is 1. The topological polar surface area (TPSA) is 106 Å². The molecule has 1 rings (SSSR count).